The van der Waals surface area contributed by atoms with Crippen LogP contribution in [0.4, 0.5) is 5.69 Å². The van der Waals surface area contributed by atoms with Gasteiger partial charge >= 0.3 is 0 Å². The number of carbonyl (C=O) groups is 1. The second-order valence-electron chi connectivity index (χ2n) is 8.52. The molecule has 0 spiro atoms. The number of aromatic nitrogens is 2. The maximum Gasteiger partial charge on any atom is 0.223 e. The molecule has 2 aliphatic heterocycles. The molecule has 30 heavy (non-hydrogen) atoms. The minimum atomic E-state index is 0.233. The van der Waals surface area contributed by atoms with Crippen LogP contribution >= 0.6 is 0 Å². The lowest BCUT2D eigenvalue weighted by Gasteiger charge is -2.34. The van der Waals surface area contributed by atoms with Gasteiger partial charge in [-0.3, -0.25) is 9.89 Å². The lowest BCUT2D eigenvalue weighted by molar-refractivity contribution is -0.132. The van der Waals surface area contributed by atoms with Crippen molar-refractivity contribution >= 4 is 11.6 Å². The van der Waals surface area contributed by atoms with Crippen LogP contribution in [0.15, 0.2) is 18.2 Å². The van der Waals surface area contributed by atoms with Gasteiger partial charge in [-0.1, -0.05) is 0 Å². The summed E-state index contributed by atoms with van der Waals surface area (Å²) >= 11 is 0. The lowest BCUT2D eigenvalue weighted by atomic mass is 9.94. The van der Waals surface area contributed by atoms with E-state index in [1.807, 2.05) is 23.1 Å². The van der Waals surface area contributed by atoms with Crippen LogP contribution in [0.5, 0.6) is 11.5 Å². The number of likely N-dealkylation sites (tertiary alicyclic amines) is 1. The van der Waals surface area contributed by atoms with Gasteiger partial charge < -0.3 is 19.7 Å². The summed E-state index contributed by atoms with van der Waals surface area (Å²) in [6.45, 7) is 2.77. The molecule has 1 saturated heterocycles. The standard InChI is InChI=1S/C23H30N4O3/c28-23(10-8-20-18-5-1-2-6-19(18)25-26-20)27-11-3-4-17(15-27)24-16-7-9-21-22(14-16)30-13-12-29-21/h7,9,14,17,24H,1-6,8,10-13,15H2,(H,25,26). The van der Waals surface area contributed by atoms with Gasteiger partial charge in [-0.25, -0.2) is 0 Å². The lowest BCUT2D eigenvalue weighted by Crippen LogP contribution is -2.45. The number of anilines is 1. The van der Waals surface area contributed by atoms with E-state index in [1.165, 1.54) is 24.1 Å². The molecule has 0 bridgehead atoms. The molecule has 0 saturated carbocycles. The number of H-pyrrole nitrogens is 1. The van der Waals surface area contributed by atoms with E-state index in [0.29, 0.717) is 19.6 Å². The van der Waals surface area contributed by atoms with Crippen molar-refractivity contribution in [1.29, 1.82) is 0 Å². The van der Waals surface area contributed by atoms with Gasteiger partial charge in [-0.05, 0) is 56.2 Å². The molecule has 3 heterocycles. The number of hydrogen-bond donors (Lipinski definition) is 2. The molecule has 1 fully saturated rings. The van der Waals surface area contributed by atoms with E-state index in [4.69, 9.17) is 9.47 Å². The van der Waals surface area contributed by atoms with Crippen LogP contribution in [0.3, 0.4) is 0 Å². The fourth-order valence-electron chi connectivity index (χ4n) is 4.83. The van der Waals surface area contributed by atoms with Crippen LogP contribution in [0.25, 0.3) is 0 Å². The normalized spacial score (nSPS) is 20.5. The zero-order chi connectivity index (χ0) is 20.3. The Labute approximate surface area is 177 Å². The summed E-state index contributed by atoms with van der Waals surface area (Å²) in [5.74, 6) is 1.82. The predicted octanol–water partition coefficient (Wildman–Crippen LogP) is 3.10. The predicted molar refractivity (Wildman–Crippen MR) is 114 cm³/mol. The average Bonchev–Trinajstić information content (AvgIpc) is 3.21. The molecule has 0 radical (unpaired) electrons. The molecule has 2 N–H and O–H groups in total. The Hall–Kier alpha value is -2.70. The maximum absolute atomic E-state index is 12.9. The number of hydrogen-bond acceptors (Lipinski definition) is 5. The van der Waals surface area contributed by atoms with Gasteiger partial charge in [0.05, 0.1) is 5.69 Å². The Bertz CT molecular complexity index is 910. The van der Waals surface area contributed by atoms with Crippen molar-refractivity contribution in [3.05, 3.63) is 35.2 Å². The highest BCUT2D eigenvalue weighted by Gasteiger charge is 2.25. The Morgan fingerprint density at radius 3 is 2.97 bits per heavy atom. The third-order valence-electron chi connectivity index (χ3n) is 6.40. The maximum atomic E-state index is 12.9. The summed E-state index contributed by atoms with van der Waals surface area (Å²) in [5.41, 5.74) is 4.76. The summed E-state index contributed by atoms with van der Waals surface area (Å²) in [4.78, 5) is 14.9. The fraction of sp³-hybridized carbons (Fsp3) is 0.565. The van der Waals surface area contributed by atoms with Crippen LogP contribution in [-0.2, 0) is 24.1 Å². The molecule has 5 rings (SSSR count). The van der Waals surface area contributed by atoms with Crippen LogP contribution in [0.2, 0.25) is 0 Å². The number of carbonyl (C=O) groups excluding carboxylic acids is 1. The number of nitrogens with one attached hydrogen (secondary N) is 2. The largest absolute Gasteiger partial charge is 0.486 e. The molecule has 7 nitrogen and oxygen atoms in total. The van der Waals surface area contributed by atoms with Crippen molar-refractivity contribution in [2.75, 3.05) is 31.6 Å². The number of nitrogens with zero attached hydrogens (tertiary/aromatic N) is 2. The Morgan fingerprint density at radius 1 is 1.17 bits per heavy atom. The van der Waals surface area contributed by atoms with Crippen molar-refractivity contribution in [1.82, 2.24) is 15.1 Å². The molecule has 1 aromatic heterocycles. The molecule has 7 heteroatoms. The molecule has 1 atom stereocenters. The van der Waals surface area contributed by atoms with Gasteiger partial charge in [0, 0.05) is 49.4 Å². The van der Waals surface area contributed by atoms with Crippen molar-refractivity contribution in [2.45, 2.75) is 57.4 Å². The number of fused-ring (bicyclic) bond motifs is 2. The summed E-state index contributed by atoms with van der Waals surface area (Å²) in [5, 5.41) is 11.3. The number of ether oxygens (including phenoxy) is 2. The second-order valence-corrected chi connectivity index (χ2v) is 8.52. The van der Waals surface area contributed by atoms with E-state index in [2.05, 4.69) is 15.5 Å². The first-order chi connectivity index (χ1) is 14.8. The Kier molecular flexibility index (Phi) is 5.51. The molecular weight excluding hydrogens is 380 g/mol. The minimum absolute atomic E-state index is 0.233. The summed E-state index contributed by atoms with van der Waals surface area (Å²) in [6, 6.07) is 6.22. The summed E-state index contributed by atoms with van der Waals surface area (Å²) in [6.07, 6.45) is 8.01. The summed E-state index contributed by atoms with van der Waals surface area (Å²) in [7, 11) is 0. The molecule has 3 aliphatic rings. The molecule has 1 aromatic carbocycles. The molecule has 1 aliphatic carbocycles. The molecule has 1 amide bonds. The van der Waals surface area contributed by atoms with E-state index in [0.717, 1.165) is 68.1 Å². The van der Waals surface area contributed by atoms with Gasteiger partial charge in [0.25, 0.3) is 0 Å². The number of piperidine rings is 1. The number of aromatic amines is 1. The number of rotatable bonds is 5. The first-order valence-electron chi connectivity index (χ1n) is 11.3. The molecule has 160 valence electrons. The first-order valence-corrected chi connectivity index (χ1v) is 11.3. The number of amides is 1. The van der Waals surface area contributed by atoms with E-state index < -0.39 is 0 Å². The third kappa shape index (κ3) is 4.11. The third-order valence-corrected chi connectivity index (χ3v) is 6.40. The highest BCUT2D eigenvalue weighted by molar-refractivity contribution is 5.76. The fourth-order valence-corrected chi connectivity index (χ4v) is 4.83. The van der Waals surface area contributed by atoms with Crippen LogP contribution in [0.1, 0.15) is 49.1 Å². The molecule has 1 unspecified atom stereocenters. The highest BCUT2D eigenvalue weighted by atomic mass is 16.6. The quantitative estimate of drug-likeness (QED) is 0.792. The van der Waals surface area contributed by atoms with E-state index in [1.54, 1.807) is 0 Å². The molecule has 2 aromatic rings. The monoisotopic (exact) mass is 410 g/mol. The number of benzene rings is 1. The SMILES string of the molecule is O=C(CCc1n[nH]c2c1CCCC2)N1CCCC(Nc2ccc3c(c2)OCCO3)C1. The minimum Gasteiger partial charge on any atom is -0.486 e. The Morgan fingerprint density at radius 2 is 2.03 bits per heavy atom. The topological polar surface area (TPSA) is 79.5 Å². The highest BCUT2D eigenvalue weighted by Crippen LogP contribution is 2.33. The van der Waals surface area contributed by atoms with Gasteiger partial charge in [0.1, 0.15) is 13.2 Å². The van der Waals surface area contributed by atoms with Gasteiger partial charge in [-0.2, -0.15) is 5.10 Å². The Balaban J connectivity index is 1.16. The van der Waals surface area contributed by atoms with Crippen molar-refractivity contribution < 1.29 is 14.3 Å². The smallest absolute Gasteiger partial charge is 0.223 e. The van der Waals surface area contributed by atoms with Crippen LogP contribution in [0, 0.1) is 0 Å². The summed E-state index contributed by atoms with van der Waals surface area (Å²) < 4.78 is 11.3. The van der Waals surface area contributed by atoms with E-state index in [-0.39, 0.29) is 11.9 Å². The zero-order valence-electron chi connectivity index (χ0n) is 17.4. The zero-order valence-corrected chi connectivity index (χ0v) is 17.4. The molecular formula is C23H30N4O3. The van der Waals surface area contributed by atoms with Crippen molar-refractivity contribution in [2.24, 2.45) is 0 Å². The van der Waals surface area contributed by atoms with Crippen LogP contribution < -0.4 is 14.8 Å². The van der Waals surface area contributed by atoms with E-state index >= 15 is 0 Å². The van der Waals surface area contributed by atoms with Crippen molar-refractivity contribution in [3.8, 4) is 11.5 Å². The average molecular weight is 411 g/mol. The van der Waals surface area contributed by atoms with Crippen LogP contribution in [-0.4, -0.2) is 53.3 Å². The van der Waals surface area contributed by atoms with E-state index in [9.17, 15) is 4.79 Å². The van der Waals surface area contributed by atoms with Crippen molar-refractivity contribution in [3.63, 3.8) is 0 Å². The van der Waals surface area contributed by atoms with Gasteiger partial charge in [0.15, 0.2) is 11.5 Å². The van der Waals surface area contributed by atoms with Gasteiger partial charge in [-0.15, -0.1) is 0 Å². The van der Waals surface area contributed by atoms with Gasteiger partial charge in [0.2, 0.25) is 5.91 Å². The number of aryl methyl sites for hydroxylation is 2. The first kappa shape index (κ1) is 19.3. The second kappa shape index (κ2) is 8.58.